The Kier molecular flexibility index (Phi) is 6.58. The van der Waals surface area contributed by atoms with E-state index in [4.69, 9.17) is 4.74 Å². The second-order valence-electron chi connectivity index (χ2n) is 7.99. The zero-order valence-corrected chi connectivity index (χ0v) is 20.5. The second-order valence-corrected chi connectivity index (χ2v) is 13.1. The van der Waals surface area contributed by atoms with E-state index in [1.165, 1.54) is 17.6 Å². The number of nitrogens with zero attached hydrogens (tertiary/aromatic N) is 2. The van der Waals surface area contributed by atoms with Crippen LogP contribution in [-0.4, -0.2) is 57.3 Å². The normalized spacial score (nSPS) is 16.4. The van der Waals surface area contributed by atoms with Gasteiger partial charge in [0.1, 0.15) is 6.10 Å². The lowest BCUT2D eigenvalue weighted by atomic mass is 10.1. The maximum absolute atomic E-state index is 12.2. The van der Waals surface area contributed by atoms with Crippen molar-refractivity contribution >= 4 is 41.4 Å². The molecule has 2 heterocycles. The molecule has 3 aromatic rings. The highest BCUT2D eigenvalue weighted by Crippen LogP contribution is 2.33. The van der Waals surface area contributed by atoms with E-state index < -0.39 is 19.9 Å². The molecule has 10 heteroatoms. The van der Waals surface area contributed by atoms with E-state index in [0.717, 1.165) is 21.3 Å². The Balaban J connectivity index is 1.45. The van der Waals surface area contributed by atoms with E-state index in [2.05, 4.69) is 4.98 Å². The number of sulfone groups is 1. The minimum Gasteiger partial charge on any atom is -0.467 e. The van der Waals surface area contributed by atoms with Gasteiger partial charge in [0.15, 0.2) is 9.84 Å². The molecule has 0 spiro atoms. The molecule has 2 aromatic carbocycles. The lowest BCUT2D eigenvalue weighted by Crippen LogP contribution is -2.42. The maximum Gasteiger partial charge on any atom is 0.274 e. The highest BCUT2D eigenvalue weighted by atomic mass is 32.2. The first-order valence-electron chi connectivity index (χ1n) is 10.5. The third-order valence-corrected chi connectivity index (χ3v) is 9.62. The lowest BCUT2D eigenvalue weighted by Gasteiger charge is -2.30. The predicted octanol–water partition coefficient (Wildman–Crippen LogP) is 3.95. The van der Waals surface area contributed by atoms with Crippen LogP contribution in [0.2, 0.25) is 0 Å². The molecular formula is C22H26N2O5S3. The largest absolute Gasteiger partial charge is 0.467 e. The summed E-state index contributed by atoms with van der Waals surface area (Å²) in [6.45, 7) is 2.83. The summed E-state index contributed by atoms with van der Waals surface area (Å²) < 4.78 is 56.4. The first-order valence-corrected chi connectivity index (χ1v) is 14.8. The smallest absolute Gasteiger partial charge is 0.274 e. The molecule has 7 nitrogen and oxygen atoms in total. The minimum absolute atomic E-state index is 0.0494. The van der Waals surface area contributed by atoms with Crippen LogP contribution in [0.1, 0.15) is 26.2 Å². The van der Waals surface area contributed by atoms with E-state index in [1.807, 2.05) is 25.1 Å². The van der Waals surface area contributed by atoms with Crippen LogP contribution in [0, 0.1) is 0 Å². The first kappa shape index (κ1) is 23.2. The number of hydrogen-bond acceptors (Lipinski definition) is 7. The van der Waals surface area contributed by atoms with E-state index in [9.17, 15) is 16.8 Å². The number of fused-ring (bicyclic) bond motifs is 1. The molecule has 0 saturated carbocycles. The molecule has 1 saturated heterocycles. The number of aromatic nitrogens is 1. The highest BCUT2D eigenvalue weighted by molar-refractivity contribution is 7.90. The fraction of sp³-hybridized carbons (Fsp3) is 0.409. The molecule has 0 unspecified atom stereocenters. The third-order valence-electron chi connectivity index (χ3n) is 5.51. The van der Waals surface area contributed by atoms with Gasteiger partial charge in [-0.15, -0.1) is 0 Å². The van der Waals surface area contributed by atoms with Gasteiger partial charge < -0.3 is 4.74 Å². The van der Waals surface area contributed by atoms with Gasteiger partial charge in [-0.3, -0.25) is 0 Å². The van der Waals surface area contributed by atoms with Gasteiger partial charge in [0, 0.05) is 19.3 Å². The van der Waals surface area contributed by atoms with Gasteiger partial charge in [-0.1, -0.05) is 36.5 Å². The molecule has 0 aliphatic carbocycles. The third kappa shape index (κ3) is 5.14. The topological polar surface area (TPSA) is 93.6 Å². The molecular weight excluding hydrogens is 468 g/mol. The van der Waals surface area contributed by atoms with Crippen LogP contribution in [0.4, 0.5) is 0 Å². The zero-order chi connectivity index (χ0) is 22.9. The quantitative estimate of drug-likeness (QED) is 0.494. The Hall–Kier alpha value is -2.01. The SMILES string of the molecule is CCCS(=O)(=O)N1CCC(Oc2nc3ccc(-c4ccc(S(C)(=O)=O)cc4)cc3s2)CC1. The standard InChI is InChI=1S/C22H26N2O5S3/c1-3-14-32(27,28)24-12-10-18(11-13-24)29-22-23-20-9-6-17(15-21(20)30-22)16-4-7-19(8-5-16)31(2,25)26/h4-9,15,18H,3,10-14H2,1-2H3. The second kappa shape index (κ2) is 9.09. The average Bonchev–Trinajstić information content (AvgIpc) is 3.15. The summed E-state index contributed by atoms with van der Waals surface area (Å²) in [5.41, 5.74) is 2.74. The molecule has 1 aliphatic rings. The number of sulfonamides is 1. The summed E-state index contributed by atoms with van der Waals surface area (Å²) >= 11 is 1.46. The van der Waals surface area contributed by atoms with Crippen molar-refractivity contribution < 1.29 is 21.6 Å². The Morgan fingerprint density at radius 2 is 1.69 bits per heavy atom. The van der Waals surface area contributed by atoms with Gasteiger partial charge in [-0.05, 0) is 54.7 Å². The van der Waals surface area contributed by atoms with Crippen molar-refractivity contribution in [2.45, 2.75) is 37.2 Å². The molecule has 1 fully saturated rings. The monoisotopic (exact) mass is 494 g/mol. The highest BCUT2D eigenvalue weighted by Gasteiger charge is 2.28. The number of piperidine rings is 1. The van der Waals surface area contributed by atoms with Crippen molar-refractivity contribution in [3.63, 3.8) is 0 Å². The van der Waals surface area contributed by atoms with Gasteiger partial charge in [-0.25, -0.2) is 26.1 Å². The molecule has 1 aliphatic heterocycles. The van der Waals surface area contributed by atoms with Crippen molar-refractivity contribution in [1.29, 1.82) is 0 Å². The van der Waals surface area contributed by atoms with Gasteiger partial charge in [-0.2, -0.15) is 0 Å². The Bertz CT molecular complexity index is 1310. The summed E-state index contributed by atoms with van der Waals surface area (Å²) in [5, 5.41) is 0.583. The van der Waals surface area contributed by atoms with E-state index in [-0.39, 0.29) is 11.9 Å². The van der Waals surface area contributed by atoms with Crippen LogP contribution >= 0.6 is 11.3 Å². The lowest BCUT2D eigenvalue weighted by molar-refractivity contribution is 0.135. The number of ether oxygens (including phenoxy) is 1. The van der Waals surface area contributed by atoms with Crippen molar-refractivity contribution in [2.24, 2.45) is 0 Å². The van der Waals surface area contributed by atoms with Crippen molar-refractivity contribution in [3.05, 3.63) is 42.5 Å². The molecule has 0 radical (unpaired) electrons. The molecule has 1 aromatic heterocycles. The fourth-order valence-electron chi connectivity index (χ4n) is 3.79. The summed E-state index contributed by atoms with van der Waals surface area (Å²) in [5.74, 6) is 0.190. The number of thiazole rings is 1. The summed E-state index contributed by atoms with van der Waals surface area (Å²) in [6, 6.07) is 12.7. The van der Waals surface area contributed by atoms with Crippen molar-refractivity contribution in [2.75, 3.05) is 25.1 Å². The van der Waals surface area contributed by atoms with E-state index in [0.29, 0.717) is 42.4 Å². The Morgan fingerprint density at radius 1 is 1.03 bits per heavy atom. The maximum atomic E-state index is 12.2. The van der Waals surface area contributed by atoms with Gasteiger partial charge in [0.2, 0.25) is 10.0 Å². The van der Waals surface area contributed by atoms with Crippen molar-refractivity contribution in [3.8, 4) is 16.3 Å². The Labute approximate surface area is 193 Å². The van der Waals surface area contributed by atoms with Gasteiger partial charge in [0.25, 0.3) is 5.19 Å². The summed E-state index contributed by atoms with van der Waals surface area (Å²) in [4.78, 5) is 4.87. The fourth-order valence-corrected chi connectivity index (χ4v) is 6.88. The van der Waals surface area contributed by atoms with Crippen LogP contribution in [0.15, 0.2) is 47.4 Å². The molecule has 172 valence electrons. The van der Waals surface area contributed by atoms with Crippen LogP contribution in [0.3, 0.4) is 0 Å². The van der Waals surface area contributed by atoms with Crippen LogP contribution in [0.25, 0.3) is 21.3 Å². The summed E-state index contributed by atoms with van der Waals surface area (Å²) in [6.07, 6.45) is 3.06. The number of hydrogen-bond donors (Lipinski definition) is 0. The van der Waals surface area contributed by atoms with Crippen LogP contribution in [0.5, 0.6) is 5.19 Å². The molecule has 32 heavy (non-hydrogen) atoms. The average molecular weight is 495 g/mol. The number of rotatable bonds is 7. The zero-order valence-electron chi connectivity index (χ0n) is 18.0. The van der Waals surface area contributed by atoms with Gasteiger partial charge in [0.05, 0.1) is 20.9 Å². The first-order chi connectivity index (χ1) is 15.2. The Morgan fingerprint density at radius 3 is 2.31 bits per heavy atom. The van der Waals surface area contributed by atoms with Gasteiger partial charge >= 0.3 is 0 Å². The molecule has 0 amide bonds. The van der Waals surface area contributed by atoms with Crippen molar-refractivity contribution in [1.82, 2.24) is 9.29 Å². The van der Waals surface area contributed by atoms with Crippen LogP contribution in [-0.2, 0) is 19.9 Å². The minimum atomic E-state index is -3.22. The molecule has 0 N–H and O–H groups in total. The molecule has 0 bridgehead atoms. The predicted molar refractivity (Wildman–Crippen MR) is 127 cm³/mol. The number of benzene rings is 2. The van der Waals surface area contributed by atoms with E-state index >= 15 is 0 Å². The van der Waals surface area contributed by atoms with Crippen LogP contribution < -0.4 is 4.74 Å². The van der Waals surface area contributed by atoms with E-state index in [1.54, 1.807) is 28.6 Å². The summed E-state index contributed by atoms with van der Waals surface area (Å²) in [7, 11) is -6.38. The molecule has 0 atom stereocenters. The molecule has 4 rings (SSSR count).